The summed E-state index contributed by atoms with van der Waals surface area (Å²) in [6, 6.07) is 3.41. The molecule has 1 aromatic heterocycles. The summed E-state index contributed by atoms with van der Waals surface area (Å²) in [5, 5.41) is 25.7. The number of rotatable bonds is 5. The van der Waals surface area contributed by atoms with Gasteiger partial charge in [0.15, 0.2) is 12.2 Å². The van der Waals surface area contributed by atoms with E-state index in [4.69, 9.17) is 29.5 Å². The van der Waals surface area contributed by atoms with Crippen LogP contribution in [0.1, 0.15) is 38.4 Å². The molecular formula is C15H15N5O7. The van der Waals surface area contributed by atoms with Gasteiger partial charge < -0.3 is 18.9 Å². The molecule has 0 radical (unpaired) electrons. The SMILES string of the molecule is CC(=O)OC[C@H]1O[C@@H](n2nc(C#N)c(C#N)n2)[C@@H](OC(C)=O)[C@H]1OC(C)=O. The highest BCUT2D eigenvalue weighted by atomic mass is 16.7. The number of hydrogen-bond donors (Lipinski definition) is 0. The number of carbonyl (C=O) groups is 3. The van der Waals surface area contributed by atoms with Crippen molar-refractivity contribution in [3.63, 3.8) is 0 Å². The van der Waals surface area contributed by atoms with Crippen LogP contribution in [0, 0.1) is 22.7 Å². The van der Waals surface area contributed by atoms with Crippen LogP contribution in [0.15, 0.2) is 0 Å². The van der Waals surface area contributed by atoms with E-state index in [-0.39, 0.29) is 18.0 Å². The molecule has 0 unspecified atom stereocenters. The monoisotopic (exact) mass is 377 g/mol. The van der Waals surface area contributed by atoms with Crippen molar-refractivity contribution in [2.45, 2.75) is 45.3 Å². The van der Waals surface area contributed by atoms with Crippen LogP contribution in [-0.2, 0) is 33.3 Å². The topological polar surface area (TPSA) is 166 Å². The smallest absolute Gasteiger partial charge is 0.303 e. The van der Waals surface area contributed by atoms with E-state index in [0.717, 1.165) is 18.6 Å². The lowest BCUT2D eigenvalue weighted by Gasteiger charge is -2.22. The van der Waals surface area contributed by atoms with Crippen LogP contribution >= 0.6 is 0 Å². The molecule has 0 bridgehead atoms. The van der Waals surface area contributed by atoms with Gasteiger partial charge in [-0.1, -0.05) is 0 Å². The number of carbonyl (C=O) groups excluding carboxylic acids is 3. The molecule has 1 aromatic rings. The van der Waals surface area contributed by atoms with Gasteiger partial charge in [-0.15, -0.1) is 15.0 Å². The van der Waals surface area contributed by atoms with Crippen LogP contribution in [0.2, 0.25) is 0 Å². The maximum Gasteiger partial charge on any atom is 0.303 e. The standard InChI is InChI=1S/C15H15N5O7/c1-7(21)24-6-12-13(25-8(2)22)14(26-9(3)23)15(27-12)20-18-10(4-16)11(5-17)19-20/h12-15H,6H2,1-3H3/t12-,13+,14+,15-/m1/s1. The second-order valence-electron chi connectivity index (χ2n) is 5.46. The van der Waals surface area contributed by atoms with Crippen LogP contribution in [0.5, 0.6) is 0 Å². The Labute approximate surface area is 153 Å². The molecule has 2 rings (SSSR count). The van der Waals surface area contributed by atoms with Crippen molar-refractivity contribution in [1.82, 2.24) is 15.0 Å². The lowest BCUT2D eigenvalue weighted by molar-refractivity contribution is -0.166. The van der Waals surface area contributed by atoms with Crippen molar-refractivity contribution in [1.29, 1.82) is 10.5 Å². The zero-order chi connectivity index (χ0) is 20.1. The highest BCUT2D eigenvalue weighted by molar-refractivity contribution is 5.68. The number of esters is 3. The first-order valence-electron chi connectivity index (χ1n) is 7.67. The van der Waals surface area contributed by atoms with Gasteiger partial charge in [0.05, 0.1) is 0 Å². The fourth-order valence-corrected chi connectivity index (χ4v) is 2.47. The highest BCUT2D eigenvalue weighted by Gasteiger charge is 2.51. The average Bonchev–Trinajstić information content (AvgIpc) is 3.14. The second-order valence-corrected chi connectivity index (χ2v) is 5.46. The van der Waals surface area contributed by atoms with E-state index in [2.05, 4.69) is 10.2 Å². The molecule has 0 amide bonds. The predicted octanol–water partition coefficient (Wildman–Crippen LogP) is -0.655. The molecule has 0 N–H and O–H groups in total. The van der Waals surface area contributed by atoms with Crippen LogP contribution in [0.4, 0.5) is 0 Å². The maximum absolute atomic E-state index is 11.5. The Kier molecular flexibility index (Phi) is 6.05. The largest absolute Gasteiger partial charge is 0.463 e. The van der Waals surface area contributed by atoms with E-state index < -0.39 is 42.4 Å². The van der Waals surface area contributed by atoms with Gasteiger partial charge in [-0.05, 0) is 0 Å². The number of nitriles is 2. The third kappa shape index (κ3) is 4.56. The Balaban J connectivity index is 2.41. The first kappa shape index (κ1) is 19.8. The van der Waals surface area contributed by atoms with Crippen LogP contribution in [0.3, 0.4) is 0 Å². The zero-order valence-corrected chi connectivity index (χ0v) is 14.6. The normalized spacial score (nSPS) is 23.7. The van der Waals surface area contributed by atoms with Crippen molar-refractivity contribution in [2.75, 3.05) is 6.61 Å². The molecule has 0 aromatic carbocycles. The minimum Gasteiger partial charge on any atom is -0.463 e. The van der Waals surface area contributed by atoms with Crippen LogP contribution in [0.25, 0.3) is 0 Å². The molecule has 1 saturated heterocycles. The van der Waals surface area contributed by atoms with Crippen LogP contribution in [-0.4, -0.2) is 57.8 Å². The first-order valence-corrected chi connectivity index (χ1v) is 7.67. The summed E-state index contributed by atoms with van der Waals surface area (Å²) in [5.74, 6) is -1.98. The summed E-state index contributed by atoms with van der Waals surface area (Å²) in [5.41, 5.74) is -0.509. The molecule has 2 heterocycles. The van der Waals surface area contributed by atoms with E-state index in [1.807, 2.05) is 0 Å². The number of nitrogens with zero attached hydrogens (tertiary/aromatic N) is 5. The molecule has 12 nitrogen and oxygen atoms in total. The summed E-state index contributed by atoms with van der Waals surface area (Å²) in [6.07, 6.45) is -4.53. The predicted molar refractivity (Wildman–Crippen MR) is 81.1 cm³/mol. The van der Waals surface area contributed by atoms with Gasteiger partial charge in [0.1, 0.15) is 24.8 Å². The molecule has 4 atom stereocenters. The first-order chi connectivity index (χ1) is 12.8. The maximum atomic E-state index is 11.5. The fourth-order valence-electron chi connectivity index (χ4n) is 2.47. The Morgan fingerprint density at radius 1 is 1.00 bits per heavy atom. The summed E-state index contributed by atoms with van der Waals surface area (Å²) in [7, 11) is 0. The van der Waals surface area contributed by atoms with Gasteiger partial charge in [-0.25, -0.2) is 0 Å². The van der Waals surface area contributed by atoms with Gasteiger partial charge in [-0.3, -0.25) is 14.4 Å². The van der Waals surface area contributed by atoms with Gasteiger partial charge in [0.2, 0.25) is 17.6 Å². The number of hydrogen-bond acceptors (Lipinski definition) is 11. The van der Waals surface area contributed by atoms with E-state index >= 15 is 0 Å². The average molecular weight is 377 g/mol. The van der Waals surface area contributed by atoms with Gasteiger partial charge in [-0.2, -0.15) is 10.5 Å². The third-order valence-corrected chi connectivity index (χ3v) is 3.41. The Hall–Kier alpha value is -3.51. The van der Waals surface area contributed by atoms with E-state index in [1.165, 1.54) is 6.92 Å². The van der Waals surface area contributed by atoms with Gasteiger partial charge in [0, 0.05) is 20.8 Å². The highest BCUT2D eigenvalue weighted by Crippen LogP contribution is 2.33. The van der Waals surface area contributed by atoms with E-state index in [9.17, 15) is 14.4 Å². The number of ether oxygens (including phenoxy) is 4. The molecule has 27 heavy (non-hydrogen) atoms. The van der Waals surface area contributed by atoms with Gasteiger partial charge >= 0.3 is 17.9 Å². The summed E-state index contributed by atoms with van der Waals surface area (Å²) in [4.78, 5) is 34.9. The summed E-state index contributed by atoms with van der Waals surface area (Å²) < 4.78 is 20.9. The molecule has 1 aliphatic heterocycles. The molecule has 1 aliphatic rings. The quantitative estimate of drug-likeness (QED) is 0.472. The second kappa shape index (κ2) is 8.25. The molecule has 12 heteroatoms. The molecule has 0 aliphatic carbocycles. The van der Waals surface area contributed by atoms with E-state index in [1.54, 1.807) is 12.1 Å². The van der Waals surface area contributed by atoms with Crippen molar-refractivity contribution in [3.8, 4) is 12.1 Å². The Morgan fingerprint density at radius 2 is 1.52 bits per heavy atom. The zero-order valence-electron chi connectivity index (χ0n) is 14.6. The lowest BCUT2D eigenvalue weighted by atomic mass is 10.1. The molecule has 1 fully saturated rings. The van der Waals surface area contributed by atoms with Crippen molar-refractivity contribution in [3.05, 3.63) is 11.4 Å². The Bertz CT molecular complexity index is 805. The van der Waals surface area contributed by atoms with Crippen molar-refractivity contribution >= 4 is 17.9 Å². The lowest BCUT2D eigenvalue weighted by Crippen LogP contribution is -2.40. The summed E-state index contributed by atoms with van der Waals surface area (Å²) >= 11 is 0. The molecule has 142 valence electrons. The Morgan fingerprint density at radius 3 is 1.96 bits per heavy atom. The molecular weight excluding hydrogens is 362 g/mol. The van der Waals surface area contributed by atoms with Crippen molar-refractivity contribution < 1.29 is 33.3 Å². The van der Waals surface area contributed by atoms with Gasteiger partial charge in [0.25, 0.3) is 0 Å². The van der Waals surface area contributed by atoms with Crippen LogP contribution < -0.4 is 0 Å². The van der Waals surface area contributed by atoms with E-state index in [0.29, 0.717) is 0 Å². The minimum absolute atomic E-state index is 0.254. The molecule has 0 saturated carbocycles. The molecule has 0 spiro atoms. The fraction of sp³-hybridized carbons (Fsp3) is 0.533. The minimum atomic E-state index is -1.21. The third-order valence-electron chi connectivity index (χ3n) is 3.41. The number of aromatic nitrogens is 3. The summed E-state index contributed by atoms with van der Waals surface area (Å²) in [6.45, 7) is 3.18. The van der Waals surface area contributed by atoms with Crippen molar-refractivity contribution in [2.24, 2.45) is 0 Å².